The zero-order valence-electron chi connectivity index (χ0n) is 14.0. The van der Waals surface area contributed by atoms with Crippen LogP contribution in [-0.2, 0) is 9.53 Å². The standard InChI is InChI=1S/C17H13N3O5S2/c1-25-16(22)9-26-17-19-13-4-2-11(7-15(13)27-17)18-8-10-6-12(20(23)24)3-5-14(10)21/h2-8,21H,9H2,1H3. The molecule has 0 aliphatic carbocycles. The van der Waals surface area contributed by atoms with Crippen molar-refractivity contribution < 1.29 is 19.6 Å². The summed E-state index contributed by atoms with van der Waals surface area (Å²) >= 11 is 2.73. The number of fused-ring (bicyclic) bond motifs is 1. The number of aromatic nitrogens is 1. The summed E-state index contributed by atoms with van der Waals surface area (Å²) < 4.78 is 6.24. The van der Waals surface area contributed by atoms with Gasteiger partial charge in [0, 0.05) is 23.9 Å². The first-order valence-corrected chi connectivity index (χ1v) is 9.38. The number of benzene rings is 2. The number of hydrogen-bond acceptors (Lipinski definition) is 9. The average Bonchev–Trinajstić information content (AvgIpc) is 3.07. The van der Waals surface area contributed by atoms with E-state index in [1.54, 1.807) is 12.1 Å². The molecule has 2 aromatic carbocycles. The van der Waals surface area contributed by atoms with Gasteiger partial charge in [0.2, 0.25) is 0 Å². The van der Waals surface area contributed by atoms with Crippen LogP contribution in [0.1, 0.15) is 5.56 Å². The third-order valence-electron chi connectivity index (χ3n) is 3.47. The van der Waals surface area contributed by atoms with E-state index in [-0.39, 0.29) is 28.7 Å². The molecule has 10 heteroatoms. The number of aromatic hydroxyl groups is 1. The summed E-state index contributed by atoms with van der Waals surface area (Å²) in [5.41, 5.74) is 1.52. The average molecular weight is 403 g/mol. The minimum atomic E-state index is -0.534. The maximum atomic E-state index is 11.2. The largest absolute Gasteiger partial charge is 0.507 e. The molecule has 0 fully saturated rings. The van der Waals surface area contributed by atoms with Crippen molar-refractivity contribution in [2.45, 2.75) is 4.34 Å². The molecule has 0 amide bonds. The normalized spacial score (nSPS) is 11.1. The van der Waals surface area contributed by atoms with Crippen LogP contribution >= 0.6 is 23.1 Å². The van der Waals surface area contributed by atoms with Gasteiger partial charge in [-0.3, -0.25) is 19.9 Å². The summed E-state index contributed by atoms with van der Waals surface area (Å²) in [5.74, 6) is -0.223. The second-order valence-corrected chi connectivity index (χ2v) is 7.51. The zero-order chi connectivity index (χ0) is 19.4. The van der Waals surface area contributed by atoms with Crippen molar-refractivity contribution in [1.82, 2.24) is 4.98 Å². The summed E-state index contributed by atoms with van der Waals surface area (Å²) in [5, 5.41) is 20.7. The van der Waals surface area contributed by atoms with E-state index in [0.29, 0.717) is 5.69 Å². The Kier molecular flexibility index (Phi) is 5.67. The Labute approximate surface area is 161 Å². The Morgan fingerprint density at radius 2 is 2.22 bits per heavy atom. The smallest absolute Gasteiger partial charge is 0.316 e. The molecule has 0 saturated heterocycles. The lowest BCUT2D eigenvalue weighted by molar-refractivity contribution is -0.384. The lowest BCUT2D eigenvalue weighted by atomic mass is 10.2. The number of thiazole rings is 1. The number of nitro groups is 1. The van der Waals surface area contributed by atoms with E-state index < -0.39 is 4.92 Å². The molecule has 1 heterocycles. The number of nitrogens with zero attached hydrogens (tertiary/aromatic N) is 3. The van der Waals surface area contributed by atoms with Crippen LogP contribution in [0.4, 0.5) is 11.4 Å². The van der Waals surface area contributed by atoms with E-state index in [0.717, 1.165) is 14.6 Å². The molecule has 0 bridgehead atoms. The second-order valence-electron chi connectivity index (χ2n) is 5.26. The molecule has 8 nitrogen and oxygen atoms in total. The van der Waals surface area contributed by atoms with Crippen molar-refractivity contribution in [3.05, 3.63) is 52.1 Å². The molecule has 1 aromatic heterocycles. The van der Waals surface area contributed by atoms with E-state index in [4.69, 9.17) is 0 Å². The Morgan fingerprint density at radius 1 is 1.41 bits per heavy atom. The fourth-order valence-electron chi connectivity index (χ4n) is 2.12. The molecule has 0 unspecified atom stereocenters. The number of methoxy groups -OCH3 is 1. The van der Waals surface area contributed by atoms with Crippen molar-refractivity contribution >= 4 is 56.9 Å². The molecule has 0 atom stereocenters. The highest BCUT2D eigenvalue weighted by Crippen LogP contribution is 2.32. The molecule has 0 spiro atoms. The number of rotatable bonds is 6. The van der Waals surface area contributed by atoms with E-state index in [1.807, 2.05) is 6.07 Å². The Hall–Kier alpha value is -2.98. The Balaban J connectivity index is 1.81. The van der Waals surface area contributed by atoms with Gasteiger partial charge < -0.3 is 9.84 Å². The lowest BCUT2D eigenvalue weighted by Crippen LogP contribution is -2.02. The highest BCUT2D eigenvalue weighted by atomic mass is 32.2. The predicted octanol–water partition coefficient (Wildman–Crippen LogP) is 3.93. The molecule has 138 valence electrons. The Morgan fingerprint density at radius 3 is 2.96 bits per heavy atom. The predicted molar refractivity (Wildman–Crippen MR) is 104 cm³/mol. The van der Waals surface area contributed by atoms with Gasteiger partial charge in [-0.15, -0.1) is 11.3 Å². The number of carbonyl (C=O) groups is 1. The lowest BCUT2D eigenvalue weighted by Gasteiger charge is -1.99. The third kappa shape index (κ3) is 4.60. The van der Waals surface area contributed by atoms with Gasteiger partial charge in [0.1, 0.15) is 5.75 Å². The van der Waals surface area contributed by atoms with Gasteiger partial charge in [0.25, 0.3) is 5.69 Å². The zero-order valence-corrected chi connectivity index (χ0v) is 15.6. The quantitative estimate of drug-likeness (QED) is 0.218. The van der Waals surface area contributed by atoms with Crippen LogP contribution in [0.2, 0.25) is 0 Å². The minimum absolute atomic E-state index is 0.0929. The third-order valence-corrected chi connectivity index (χ3v) is 5.60. The summed E-state index contributed by atoms with van der Waals surface area (Å²) in [7, 11) is 1.34. The number of thioether (sulfide) groups is 1. The monoisotopic (exact) mass is 403 g/mol. The maximum absolute atomic E-state index is 11.2. The van der Waals surface area contributed by atoms with E-state index in [2.05, 4.69) is 14.7 Å². The van der Waals surface area contributed by atoms with Crippen LogP contribution < -0.4 is 0 Å². The van der Waals surface area contributed by atoms with Gasteiger partial charge in [-0.1, -0.05) is 11.8 Å². The number of aliphatic imine (C=N–C) groups is 1. The number of nitro benzene ring substituents is 1. The van der Waals surface area contributed by atoms with E-state index in [9.17, 15) is 20.0 Å². The summed E-state index contributed by atoms with van der Waals surface area (Å²) in [6.45, 7) is 0. The first-order chi connectivity index (χ1) is 13.0. The highest BCUT2D eigenvalue weighted by molar-refractivity contribution is 8.01. The molecule has 0 aliphatic rings. The van der Waals surface area contributed by atoms with Crippen LogP contribution in [0.5, 0.6) is 5.75 Å². The molecular formula is C17H13N3O5S2. The van der Waals surface area contributed by atoms with Crippen LogP contribution in [0.3, 0.4) is 0 Å². The van der Waals surface area contributed by atoms with Gasteiger partial charge in [0.05, 0.1) is 33.7 Å². The van der Waals surface area contributed by atoms with Gasteiger partial charge in [-0.2, -0.15) is 0 Å². The van der Waals surface area contributed by atoms with Crippen molar-refractivity contribution in [2.75, 3.05) is 12.9 Å². The number of hydrogen-bond donors (Lipinski definition) is 1. The number of carbonyl (C=O) groups excluding carboxylic acids is 1. The fourth-order valence-corrected chi connectivity index (χ4v) is 4.05. The van der Waals surface area contributed by atoms with Gasteiger partial charge >= 0.3 is 5.97 Å². The summed E-state index contributed by atoms with van der Waals surface area (Å²) in [4.78, 5) is 30.2. The van der Waals surface area contributed by atoms with Crippen molar-refractivity contribution in [3.63, 3.8) is 0 Å². The van der Waals surface area contributed by atoms with E-state index >= 15 is 0 Å². The van der Waals surface area contributed by atoms with Gasteiger partial charge in [0.15, 0.2) is 4.34 Å². The maximum Gasteiger partial charge on any atom is 0.316 e. The molecule has 3 aromatic rings. The minimum Gasteiger partial charge on any atom is -0.507 e. The molecule has 0 saturated carbocycles. The van der Waals surface area contributed by atoms with Crippen LogP contribution in [0.25, 0.3) is 10.2 Å². The molecule has 3 rings (SSSR count). The highest BCUT2D eigenvalue weighted by Gasteiger charge is 2.10. The van der Waals surface area contributed by atoms with Crippen molar-refractivity contribution in [3.8, 4) is 5.75 Å². The summed E-state index contributed by atoms with van der Waals surface area (Å²) in [6.07, 6.45) is 1.37. The number of phenols is 1. The van der Waals surface area contributed by atoms with Crippen LogP contribution in [-0.4, -0.2) is 40.1 Å². The fraction of sp³-hybridized carbons (Fsp3) is 0.118. The van der Waals surface area contributed by atoms with Gasteiger partial charge in [-0.05, 0) is 24.3 Å². The SMILES string of the molecule is COC(=O)CSc1nc2ccc(N=Cc3cc([N+](=O)[O-])ccc3O)cc2s1. The number of esters is 1. The number of phenolic OH excluding ortho intramolecular Hbond substituents is 1. The van der Waals surface area contributed by atoms with Crippen LogP contribution in [0, 0.1) is 10.1 Å². The van der Waals surface area contributed by atoms with E-state index in [1.165, 1.54) is 54.6 Å². The number of ether oxygens (including phenoxy) is 1. The first-order valence-electron chi connectivity index (χ1n) is 7.58. The number of non-ortho nitro benzene ring substituents is 1. The molecule has 0 aliphatic heterocycles. The molecular weight excluding hydrogens is 390 g/mol. The molecule has 0 radical (unpaired) electrons. The second kappa shape index (κ2) is 8.14. The van der Waals surface area contributed by atoms with Crippen molar-refractivity contribution in [1.29, 1.82) is 0 Å². The Bertz CT molecular complexity index is 1050. The molecule has 27 heavy (non-hydrogen) atoms. The van der Waals surface area contributed by atoms with Crippen LogP contribution in [0.15, 0.2) is 45.7 Å². The van der Waals surface area contributed by atoms with Crippen molar-refractivity contribution in [2.24, 2.45) is 4.99 Å². The first kappa shape index (κ1) is 18.8. The topological polar surface area (TPSA) is 115 Å². The molecule has 1 N–H and O–H groups in total. The van der Waals surface area contributed by atoms with Gasteiger partial charge in [-0.25, -0.2) is 4.98 Å². The summed E-state index contributed by atoms with van der Waals surface area (Å²) in [6, 6.07) is 9.11.